The number of ether oxygens (including phenoxy) is 1. The van der Waals surface area contributed by atoms with Crippen LogP contribution in [0.3, 0.4) is 0 Å². The molecule has 0 bridgehead atoms. The summed E-state index contributed by atoms with van der Waals surface area (Å²) in [5.41, 5.74) is 0.397. The van der Waals surface area contributed by atoms with Crippen molar-refractivity contribution in [3.63, 3.8) is 0 Å². The van der Waals surface area contributed by atoms with Gasteiger partial charge in [0.05, 0.1) is 13.5 Å². The van der Waals surface area contributed by atoms with Gasteiger partial charge in [0.25, 0.3) is 0 Å². The van der Waals surface area contributed by atoms with Crippen LogP contribution < -0.4 is 0 Å². The number of carbonyl (C=O) groups is 1. The minimum atomic E-state index is -0.107. The van der Waals surface area contributed by atoms with Gasteiger partial charge in [0, 0.05) is 0 Å². The van der Waals surface area contributed by atoms with E-state index < -0.39 is 0 Å². The lowest BCUT2D eigenvalue weighted by Gasteiger charge is -2.27. The van der Waals surface area contributed by atoms with Gasteiger partial charge in [-0.3, -0.25) is 4.79 Å². The Balaban J connectivity index is 4.01. The Bertz CT molecular complexity index is 187. The number of methoxy groups -OCH3 is 1. The molecule has 0 aliphatic heterocycles. The fraction of sp³-hybridized carbons (Fsp3) is 0.917. The van der Waals surface area contributed by atoms with Crippen LogP contribution in [-0.2, 0) is 9.53 Å². The Labute approximate surface area is 88.0 Å². The maximum atomic E-state index is 11.1. The molecule has 0 fully saturated rings. The minimum absolute atomic E-state index is 0.0559. The maximum absolute atomic E-state index is 11.1. The first-order valence-corrected chi connectivity index (χ1v) is 5.23. The fourth-order valence-corrected chi connectivity index (χ4v) is 1.26. The summed E-state index contributed by atoms with van der Waals surface area (Å²) in [6.07, 6.45) is 2.71. The van der Waals surface area contributed by atoms with Crippen molar-refractivity contribution in [2.75, 3.05) is 7.11 Å². The molecule has 0 heterocycles. The molecule has 0 radical (unpaired) electrons. The largest absolute Gasteiger partial charge is 0.469 e. The monoisotopic (exact) mass is 200 g/mol. The topological polar surface area (TPSA) is 26.3 Å². The van der Waals surface area contributed by atoms with E-state index in [1.54, 1.807) is 0 Å². The molecule has 2 heteroatoms. The molecule has 0 N–H and O–H groups in total. The summed E-state index contributed by atoms with van der Waals surface area (Å²) in [5.74, 6) is -0.107. The number of esters is 1. The van der Waals surface area contributed by atoms with Crippen LogP contribution in [0.1, 0.15) is 53.9 Å². The van der Waals surface area contributed by atoms with E-state index in [2.05, 4.69) is 39.4 Å². The molecule has 0 rings (SSSR count). The lowest BCUT2D eigenvalue weighted by molar-refractivity contribution is -0.143. The molecule has 0 aromatic rings. The molecular weight excluding hydrogens is 176 g/mol. The standard InChI is InChI=1S/C12H24O2/c1-11(2,3)7-8-12(4,5)9-10(13)14-6/h7-9H2,1-6H3. The van der Waals surface area contributed by atoms with Crippen molar-refractivity contribution in [1.82, 2.24) is 0 Å². The molecule has 0 aromatic carbocycles. The molecule has 0 atom stereocenters. The van der Waals surface area contributed by atoms with Gasteiger partial charge in [0.1, 0.15) is 0 Å². The van der Waals surface area contributed by atoms with Gasteiger partial charge < -0.3 is 4.74 Å². The van der Waals surface area contributed by atoms with E-state index in [1.807, 2.05) is 0 Å². The lowest BCUT2D eigenvalue weighted by atomic mass is 9.78. The van der Waals surface area contributed by atoms with Gasteiger partial charge in [-0.2, -0.15) is 0 Å². The van der Waals surface area contributed by atoms with Gasteiger partial charge in [0.2, 0.25) is 0 Å². The third kappa shape index (κ3) is 6.93. The molecule has 0 amide bonds. The Morgan fingerprint density at radius 3 is 1.93 bits per heavy atom. The zero-order chi connectivity index (χ0) is 11.4. The predicted molar refractivity (Wildman–Crippen MR) is 59.1 cm³/mol. The highest BCUT2D eigenvalue weighted by Crippen LogP contribution is 2.32. The normalized spacial score (nSPS) is 12.7. The van der Waals surface area contributed by atoms with Crippen molar-refractivity contribution < 1.29 is 9.53 Å². The number of rotatable bonds is 4. The highest BCUT2D eigenvalue weighted by molar-refractivity contribution is 5.69. The van der Waals surface area contributed by atoms with E-state index in [9.17, 15) is 4.79 Å². The van der Waals surface area contributed by atoms with Gasteiger partial charge in [-0.15, -0.1) is 0 Å². The zero-order valence-corrected chi connectivity index (χ0v) is 10.4. The molecule has 0 aromatic heterocycles. The van der Waals surface area contributed by atoms with Crippen molar-refractivity contribution in [1.29, 1.82) is 0 Å². The van der Waals surface area contributed by atoms with Gasteiger partial charge in [0.15, 0.2) is 0 Å². The van der Waals surface area contributed by atoms with Gasteiger partial charge >= 0.3 is 5.97 Å². The van der Waals surface area contributed by atoms with Crippen molar-refractivity contribution in [2.24, 2.45) is 10.8 Å². The van der Waals surface area contributed by atoms with Crippen LogP contribution in [0, 0.1) is 10.8 Å². The van der Waals surface area contributed by atoms with Crippen molar-refractivity contribution in [3.05, 3.63) is 0 Å². The van der Waals surface area contributed by atoms with E-state index in [0.717, 1.165) is 12.8 Å². The first kappa shape index (κ1) is 13.5. The van der Waals surface area contributed by atoms with E-state index in [4.69, 9.17) is 0 Å². The summed E-state index contributed by atoms with van der Waals surface area (Å²) in [7, 11) is 1.45. The highest BCUT2D eigenvalue weighted by Gasteiger charge is 2.24. The minimum Gasteiger partial charge on any atom is -0.469 e. The lowest BCUT2D eigenvalue weighted by Crippen LogP contribution is -2.20. The van der Waals surface area contributed by atoms with Crippen LogP contribution in [-0.4, -0.2) is 13.1 Å². The first-order chi connectivity index (χ1) is 6.16. The molecule has 84 valence electrons. The summed E-state index contributed by atoms with van der Waals surface area (Å²) >= 11 is 0. The van der Waals surface area contributed by atoms with E-state index in [0.29, 0.717) is 11.8 Å². The number of hydrogen-bond acceptors (Lipinski definition) is 2. The van der Waals surface area contributed by atoms with Crippen molar-refractivity contribution >= 4 is 5.97 Å². The smallest absolute Gasteiger partial charge is 0.306 e. The van der Waals surface area contributed by atoms with Crippen LogP contribution in [0.15, 0.2) is 0 Å². The van der Waals surface area contributed by atoms with Crippen LogP contribution in [0.2, 0.25) is 0 Å². The average molecular weight is 200 g/mol. The Hall–Kier alpha value is -0.530. The van der Waals surface area contributed by atoms with Crippen LogP contribution in [0.4, 0.5) is 0 Å². The molecule has 0 aliphatic rings. The summed E-state index contributed by atoms with van der Waals surface area (Å²) in [6, 6.07) is 0. The van der Waals surface area contributed by atoms with Crippen molar-refractivity contribution in [2.45, 2.75) is 53.9 Å². The fourth-order valence-electron chi connectivity index (χ4n) is 1.26. The van der Waals surface area contributed by atoms with Gasteiger partial charge in [-0.25, -0.2) is 0 Å². The molecule has 2 nitrogen and oxygen atoms in total. The molecule has 0 aliphatic carbocycles. The predicted octanol–water partition coefficient (Wildman–Crippen LogP) is 3.40. The van der Waals surface area contributed by atoms with Crippen molar-refractivity contribution in [3.8, 4) is 0 Å². The first-order valence-electron chi connectivity index (χ1n) is 5.23. The van der Waals surface area contributed by atoms with E-state index >= 15 is 0 Å². The third-order valence-electron chi connectivity index (χ3n) is 2.40. The Morgan fingerprint density at radius 2 is 1.57 bits per heavy atom. The van der Waals surface area contributed by atoms with Crippen LogP contribution >= 0.6 is 0 Å². The Kier molecular flexibility index (Phi) is 4.63. The SMILES string of the molecule is COC(=O)CC(C)(C)CCC(C)(C)C. The van der Waals surface area contributed by atoms with Crippen LogP contribution in [0.5, 0.6) is 0 Å². The molecule has 0 unspecified atom stereocenters. The maximum Gasteiger partial charge on any atom is 0.306 e. The van der Waals surface area contributed by atoms with Gasteiger partial charge in [-0.05, 0) is 23.7 Å². The summed E-state index contributed by atoms with van der Waals surface area (Å²) in [5, 5.41) is 0. The van der Waals surface area contributed by atoms with Gasteiger partial charge in [-0.1, -0.05) is 34.6 Å². The van der Waals surface area contributed by atoms with E-state index in [1.165, 1.54) is 7.11 Å². The number of carbonyl (C=O) groups excluding carboxylic acids is 1. The third-order valence-corrected chi connectivity index (χ3v) is 2.40. The zero-order valence-electron chi connectivity index (χ0n) is 10.4. The second-order valence-corrected chi connectivity index (χ2v) is 5.98. The number of hydrogen-bond donors (Lipinski definition) is 0. The highest BCUT2D eigenvalue weighted by atomic mass is 16.5. The Morgan fingerprint density at radius 1 is 1.07 bits per heavy atom. The molecule has 0 saturated heterocycles. The van der Waals surface area contributed by atoms with Crippen LogP contribution in [0.25, 0.3) is 0 Å². The molecule has 14 heavy (non-hydrogen) atoms. The second kappa shape index (κ2) is 4.81. The van der Waals surface area contributed by atoms with E-state index in [-0.39, 0.29) is 11.4 Å². The molecule has 0 spiro atoms. The second-order valence-electron chi connectivity index (χ2n) is 5.98. The quantitative estimate of drug-likeness (QED) is 0.650. The average Bonchev–Trinajstić information content (AvgIpc) is 1.99. The molecular formula is C12H24O2. The summed E-state index contributed by atoms with van der Waals surface area (Å²) in [4.78, 5) is 11.1. The molecule has 0 saturated carbocycles. The summed E-state index contributed by atoms with van der Waals surface area (Å²) in [6.45, 7) is 10.9. The summed E-state index contributed by atoms with van der Waals surface area (Å²) < 4.78 is 4.68.